The van der Waals surface area contributed by atoms with Crippen LogP contribution in [0.25, 0.3) is 0 Å². The van der Waals surface area contributed by atoms with E-state index in [4.69, 9.17) is 0 Å². The van der Waals surface area contributed by atoms with Crippen molar-refractivity contribution in [1.82, 2.24) is 5.32 Å². The molecule has 0 aromatic heterocycles. The number of aliphatic hydroxyl groups is 1. The molecule has 2 nitrogen and oxygen atoms in total. The molecule has 19 heavy (non-hydrogen) atoms. The standard InChI is InChI=1S/C17H33NO/c1-2-15-7-6-8-16(10-9-15)18-13-17(14-19)11-4-3-5-12-17/h15-16,18-19H,2-14H2,1H3. The van der Waals surface area contributed by atoms with Gasteiger partial charge in [0.1, 0.15) is 0 Å². The van der Waals surface area contributed by atoms with E-state index in [2.05, 4.69) is 12.2 Å². The molecule has 2 aliphatic carbocycles. The minimum absolute atomic E-state index is 0.203. The molecule has 0 radical (unpaired) electrons. The zero-order valence-electron chi connectivity index (χ0n) is 12.8. The van der Waals surface area contributed by atoms with E-state index in [0.29, 0.717) is 12.6 Å². The first-order valence-corrected chi connectivity index (χ1v) is 8.62. The van der Waals surface area contributed by atoms with Crippen molar-refractivity contribution in [2.45, 2.75) is 83.6 Å². The highest BCUT2D eigenvalue weighted by Gasteiger charge is 2.32. The third-order valence-electron chi connectivity index (χ3n) is 5.68. The van der Waals surface area contributed by atoms with Crippen molar-refractivity contribution >= 4 is 0 Å². The van der Waals surface area contributed by atoms with E-state index in [1.807, 2.05) is 0 Å². The number of rotatable bonds is 5. The number of nitrogens with one attached hydrogen (secondary N) is 1. The molecule has 0 bridgehead atoms. The normalized spacial score (nSPS) is 31.9. The first-order valence-electron chi connectivity index (χ1n) is 8.62. The average Bonchev–Trinajstić information content (AvgIpc) is 2.71. The Bertz CT molecular complexity index is 248. The minimum atomic E-state index is 0.203. The van der Waals surface area contributed by atoms with Gasteiger partial charge < -0.3 is 10.4 Å². The topological polar surface area (TPSA) is 32.3 Å². The molecule has 112 valence electrons. The molecule has 2 heteroatoms. The Morgan fingerprint density at radius 2 is 1.79 bits per heavy atom. The zero-order chi connectivity index (χ0) is 13.6. The summed E-state index contributed by atoms with van der Waals surface area (Å²) < 4.78 is 0. The summed E-state index contributed by atoms with van der Waals surface area (Å²) in [5.41, 5.74) is 0.203. The molecule has 2 atom stereocenters. The van der Waals surface area contributed by atoms with Gasteiger partial charge in [0, 0.05) is 24.6 Å². The second kappa shape index (κ2) is 7.64. The van der Waals surface area contributed by atoms with E-state index in [1.165, 1.54) is 70.6 Å². The van der Waals surface area contributed by atoms with Gasteiger partial charge in [0.05, 0.1) is 0 Å². The van der Waals surface area contributed by atoms with Crippen LogP contribution in [0.1, 0.15) is 77.6 Å². The molecule has 2 N–H and O–H groups in total. The van der Waals surface area contributed by atoms with E-state index in [1.54, 1.807) is 0 Å². The fraction of sp³-hybridized carbons (Fsp3) is 1.00. The number of aliphatic hydroxyl groups excluding tert-OH is 1. The summed E-state index contributed by atoms with van der Waals surface area (Å²) in [7, 11) is 0. The van der Waals surface area contributed by atoms with E-state index in [9.17, 15) is 5.11 Å². The van der Waals surface area contributed by atoms with Gasteiger partial charge in [-0.05, 0) is 38.0 Å². The summed E-state index contributed by atoms with van der Waals surface area (Å²) >= 11 is 0. The highest BCUT2D eigenvalue weighted by Crippen LogP contribution is 2.35. The third kappa shape index (κ3) is 4.46. The fourth-order valence-electron chi connectivity index (χ4n) is 4.04. The van der Waals surface area contributed by atoms with Crippen molar-refractivity contribution in [3.63, 3.8) is 0 Å². The summed E-state index contributed by atoms with van der Waals surface area (Å²) in [5, 5.41) is 13.6. The first-order chi connectivity index (χ1) is 9.28. The Labute approximate surface area is 119 Å². The lowest BCUT2D eigenvalue weighted by Gasteiger charge is -2.37. The lowest BCUT2D eigenvalue weighted by Crippen LogP contribution is -2.43. The molecule has 2 saturated carbocycles. The Morgan fingerprint density at radius 3 is 2.47 bits per heavy atom. The Morgan fingerprint density at radius 1 is 1.00 bits per heavy atom. The van der Waals surface area contributed by atoms with E-state index < -0.39 is 0 Å². The van der Waals surface area contributed by atoms with Gasteiger partial charge in [0.2, 0.25) is 0 Å². The van der Waals surface area contributed by atoms with Gasteiger partial charge in [0.25, 0.3) is 0 Å². The lowest BCUT2D eigenvalue weighted by atomic mass is 9.74. The van der Waals surface area contributed by atoms with Crippen LogP contribution in [0.15, 0.2) is 0 Å². The summed E-state index contributed by atoms with van der Waals surface area (Å²) in [6, 6.07) is 0.710. The van der Waals surface area contributed by atoms with Crippen LogP contribution in [0.3, 0.4) is 0 Å². The summed E-state index contributed by atoms with van der Waals surface area (Å²) in [6.45, 7) is 3.76. The summed E-state index contributed by atoms with van der Waals surface area (Å²) in [6.07, 6.45) is 14.7. The molecule has 0 aromatic carbocycles. The highest BCUT2D eigenvalue weighted by atomic mass is 16.3. The number of hydrogen-bond acceptors (Lipinski definition) is 2. The maximum absolute atomic E-state index is 9.77. The molecule has 2 fully saturated rings. The quantitative estimate of drug-likeness (QED) is 0.741. The molecule has 0 spiro atoms. The Balaban J connectivity index is 1.77. The SMILES string of the molecule is CCC1CCCC(NCC2(CO)CCCCC2)CC1. The molecule has 0 aromatic rings. The van der Waals surface area contributed by atoms with Crippen molar-refractivity contribution in [1.29, 1.82) is 0 Å². The van der Waals surface area contributed by atoms with Crippen LogP contribution in [0.4, 0.5) is 0 Å². The van der Waals surface area contributed by atoms with Crippen LogP contribution in [0.5, 0.6) is 0 Å². The molecule has 0 heterocycles. The van der Waals surface area contributed by atoms with Crippen LogP contribution in [0.2, 0.25) is 0 Å². The third-order valence-corrected chi connectivity index (χ3v) is 5.68. The highest BCUT2D eigenvalue weighted by molar-refractivity contribution is 4.86. The van der Waals surface area contributed by atoms with Crippen LogP contribution < -0.4 is 5.32 Å². The first kappa shape index (κ1) is 15.3. The van der Waals surface area contributed by atoms with Gasteiger partial charge >= 0.3 is 0 Å². The van der Waals surface area contributed by atoms with Gasteiger partial charge in [-0.1, -0.05) is 45.4 Å². The van der Waals surface area contributed by atoms with E-state index >= 15 is 0 Å². The smallest absolute Gasteiger partial charge is 0.0499 e. The van der Waals surface area contributed by atoms with Crippen molar-refractivity contribution in [3.05, 3.63) is 0 Å². The van der Waals surface area contributed by atoms with Gasteiger partial charge in [0.15, 0.2) is 0 Å². The van der Waals surface area contributed by atoms with Crippen molar-refractivity contribution in [2.24, 2.45) is 11.3 Å². The number of hydrogen-bond donors (Lipinski definition) is 2. The predicted molar refractivity (Wildman–Crippen MR) is 81.3 cm³/mol. The van der Waals surface area contributed by atoms with Crippen molar-refractivity contribution < 1.29 is 5.11 Å². The van der Waals surface area contributed by atoms with Crippen LogP contribution in [-0.2, 0) is 0 Å². The van der Waals surface area contributed by atoms with E-state index in [-0.39, 0.29) is 5.41 Å². The lowest BCUT2D eigenvalue weighted by molar-refractivity contribution is 0.0776. The Hall–Kier alpha value is -0.0800. The second-order valence-electron chi connectivity index (χ2n) is 7.08. The molecule has 0 aliphatic heterocycles. The maximum Gasteiger partial charge on any atom is 0.0499 e. The van der Waals surface area contributed by atoms with Crippen molar-refractivity contribution in [2.75, 3.05) is 13.2 Å². The molecule has 2 rings (SSSR count). The van der Waals surface area contributed by atoms with E-state index in [0.717, 1.165) is 12.5 Å². The van der Waals surface area contributed by atoms with Gasteiger partial charge in [-0.15, -0.1) is 0 Å². The van der Waals surface area contributed by atoms with Crippen LogP contribution in [0, 0.1) is 11.3 Å². The largest absolute Gasteiger partial charge is 0.396 e. The van der Waals surface area contributed by atoms with Crippen molar-refractivity contribution in [3.8, 4) is 0 Å². The van der Waals surface area contributed by atoms with Gasteiger partial charge in [-0.25, -0.2) is 0 Å². The molecule has 0 saturated heterocycles. The molecular formula is C17H33NO. The van der Waals surface area contributed by atoms with Crippen LogP contribution >= 0.6 is 0 Å². The zero-order valence-corrected chi connectivity index (χ0v) is 12.8. The maximum atomic E-state index is 9.77. The Kier molecular flexibility index (Phi) is 6.15. The molecular weight excluding hydrogens is 234 g/mol. The fourth-order valence-corrected chi connectivity index (χ4v) is 4.04. The summed E-state index contributed by atoms with van der Waals surface area (Å²) in [5.74, 6) is 0.966. The second-order valence-corrected chi connectivity index (χ2v) is 7.08. The molecule has 0 amide bonds. The van der Waals surface area contributed by atoms with Gasteiger partial charge in [-0.3, -0.25) is 0 Å². The molecule has 2 aliphatic rings. The summed E-state index contributed by atoms with van der Waals surface area (Å²) in [4.78, 5) is 0. The average molecular weight is 267 g/mol. The van der Waals surface area contributed by atoms with Gasteiger partial charge in [-0.2, -0.15) is 0 Å². The molecule has 2 unspecified atom stereocenters. The monoisotopic (exact) mass is 267 g/mol. The predicted octanol–water partition coefficient (Wildman–Crippen LogP) is 3.88. The minimum Gasteiger partial charge on any atom is -0.396 e. The van der Waals surface area contributed by atoms with Crippen LogP contribution in [-0.4, -0.2) is 24.3 Å².